The van der Waals surface area contributed by atoms with Gasteiger partial charge in [-0.05, 0) is 27.1 Å². The lowest BCUT2D eigenvalue weighted by Crippen LogP contribution is -2.22. The number of carboxylic acids is 1. The first-order chi connectivity index (χ1) is 8.33. The summed E-state index contributed by atoms with van der Waals surface area (Å²) in [5, 5.41) is 12.1. The summed E-state index contributed by atoms with van der Waals surface area (Å²) in [6.45, 7) is 1.39. The van der Waals surface area contributed by atoms with E-state index in [2.05, 4.69) is 5.32 Å². The molecule has 0 aliphatic carbocycles. The fourth-order valence-corrected chi connectivity index (χ4v) is 1.42. The van der Waals surface area contributed by atoms with E-state index in [4.69, 9.17) is 44.6 Å². The molecule has 0 aliphatic heterocycles. The van der Waals surface area contributed by atoms with Crippen LogP contribution in [0.3, 0.4) is 0 Å². The largest absolute Gasteiger partial charge is 0.479 e. The van der Waals surface area contributed by atoms with Crippen LogP contribution in [0.5, 0.6) is 5.75 Å². The van der Waals surface area contributed by atoms with Gasteiger partial charge in [0.25, 0.3) is 0 Å². The van der Waals surface area contributed by atoms with E-state index in [1.165, 1.54) is 19.1 Å². The van der Waals surface area contributed by atoms with E-state index in [0.717, 1.165) is 0 Å². The minimum Gasteiger partial charge on any atom is -0.479 e. The highest BCUT2D eigenvalue weighted by molar-refractivity contribution is 6.43. The summed E-state index contributed by atoms with van der Waals surface area (Å²) in [5.41, 5.74) is 0. The zero-order valence-corrected chi connectivity index (χ0v) is 12.4. The number of aliphatic carboxylic acids is 1. The number of rotatable bonds is 3. The van der Waals surface area contributed by atoms with Crippen LogP contribution in [0, 0.1) is 0 Å². The van der Waals surface area contributed by atoms with Crippen LogP contribution < -0.4 is 10.1 Å². The molecule has 0 heterocycles. The molecule has 7 heteroatoms. The lowest BCUT2D eigenvalue weighted by molar-refractivity contribution is -0.144. The molecule has 0 radical (unpaired) electrons. The maximum Gasteiger partial charge on any atom is 0.344 e. The summed E-state index contributed by atoms with van der Waals surface area (Å²) in [5.74, 6) is -0.891. The number of ether oxygens (including phenoxy) is 1. The molecule has 1 rings (SSSR count). The molecule has 0 fully saturated rings. The maximum atomic E-state index is 10.5. The van der Waals surface area contributed by atoms with Gasteiger partial charge in [0.1, 0.15) is 5.75 Å². The van der Waals surface area contributed by atoms with Gasteiger partial charge in [-0.15, -0.1) is 0 Å². The first kappa shape index (κ1) is 17.3. The molecule has 2 N–H and O–H groups in total. The number of hydrogen-bond donors (Lipinski definition) is 2. The van der Waals surface area contributed by atoms with Gasteiger partial charge in [0.2, 0.25) is 0 Å². The Bertz CT molecular complexity index is 413. The van der Waals surface area contributed by atoms with Crippen molar-refractivity contribution in [1.29, 1.82) is 0 Å². The van der Waals surface area contributed by atoms with Gasteiger partial charge in [-0.25, -0.2) is 4.79 Å². The van der Waals surface area contributed by atoms with Gasteiger partial charge in [-0.2, -0.15) is 0 Å². The van der Waals surface area contributed by atoms with E-state index in [9.17, 15) is 4.79 Å². The van der Waals surface area contributed by atoms with Crippen LogP contribution in [-0.4, -0.2) is 31.3 Å². The molecule has 0 saturated carbocycles. The Labute approximate surface area is 121 Å². The molecule has 0 aromatic heterocycles. The van der Waals surface area contributed by atoms with Crippen molar-refractivity contribution in [2.45, 2.75) is 13.0 Å². The normalized spacial score (nSPS) is 11.2. The van der Waals surface area contributed by atoms with Crippen molar-refractivity contribution in [3.8, 4) is 5.75 Å². The molecule has 1 atom stereocenters. The maximum absolute atomic E-state index is 10.5. The lowest BCUT2D eigenvalue weighted by atomic mass is 10.3. The molecule has 18 heavy (non-hydrogen) atoms. The molecular formula is C11H14Cl3NO3. The molecule has 0 saturated heterocycles. The van der Waals surface area contributed by atoms with Crippen molar-refractivity contribution in [3.05, 3.63) is 27.2 Å². The Hall–Kier alpha value is -0.680. The summed E-state index contributed by atoms with van der Waals surface area (Å²) < 4.78 is 5.07. The predicted octanol–water partition coefficient (Wildman–Crippen LogP) is 3.33. The Kier molecular flexibility index (Phi) is 8.11. The second-order valence-corrected chi connectivity index (χ2v) is 4.52. The van der Waals surface area contributed by atoms with Crippen LogP contribution in [0.2, 0.25) is 15.1 Å². The average Bonchev–Trinajstić information content (AvgIpc) is 2.26. The third-order valence-electron chi connectivity index (χ3n) is 1.63. The number of benzene rings is 1. The van der Waals surface area contributed by atoms with Crippen LogP contribution in [0.25, 0.3) is 0 Å². The van der Waals surface area contributed by atoms with Gasteiger partial charge in [0.05, 0.1) is 15.1 Å². The van der Waals surface area contributed by atoms with E-state index >= 15 is 0 Å². The molecular weight excluding hydrogens is 300 g/mol. The zero-order chi connectivity index (χ0) is 14.3. The van der Waals surface area contributed by atoms with Crippen molar-refractivity contribution in [1.82, 2.24) is 5.32 Å². The Morgan fingerprint density at radius 3 is 2.11 bits per heavy atom. The van der Waals surface area contributed by atoms with E-state index in [0.29, 0.717) is 0 Å². The molecule has 1 aromatic carbocycles. The van der Waals surface area contributed by atoms with Crippen LogP contribution >= 0.6 is 34.8 Å². The van der Waals surface area contributed by atoms with Crippen molar-refractivity contribution in [2.75, 3.05) is 14.1 Å². The molecule has 0 aliphatic rings. The highest BCUT2D eigenvalue weighted by atomic mass is 35.5. The highest BCUT2D eigenvalue weighted by Crippen LogP contribution is 2.34. The molecule has 1 unspecified atom stereocenters. The first-order valence-electron chi connectivity index (χ1n) is 4.96. The Morgan fingerprint density at radius 1 is 1.22 bits per heavy atom. The van der Waals surface area contributed by atoms with E-state index in [-0.39, 0.29) is 20.8 Å². The third-order valence-corrected chi connectivity index (χ3v) is 2.64. The van der Waals surface area contributed by atoms with Gasteiger partial charge >= 0.3 is 5.97 Å². The average molecular weight is 315 g/mol. The van der Waals surface area contributed by atoms with Crippen molar-refractivity contribution >= 4 is 40.8 Å². The first-order valence-corrected chi connectivity index (χ1v) is 6.09. The minimum absolute atomic E-state index is 0.195. The number of nitrogens with one attached hydrogen (secondary N) is 1. The number of halogens is 3. The molecule has 102 valence electrons. The van der Waals surface area contributed by atoms with Crippen LogP contribution in [0.1, 0.15) is 6.92 Å². The molecule has 0 bridgehead atoms. The topological polar surface area (TPSA) is 58.6 Å². The SMILES string of the molecule is CC(Oc1cc(Cl)c(Cl)cc1Cl)C(=O)O.CNC. The van der Waals surface area contributed by atoms with Gasteiger partial charge in [0.15, 0.2) is 6.10 Å². The summed E-state index contributed by atoms with van der Waals surface area (Å²) >= 11 is 17.2. The van der Waals surface area contributed by atoms with Crippen LogP contribution in [0.4, 0.5) is 0 Å². The molecule has 0 amide bonds. The second kappa shape index (κ2) is 8.43. The quantitative estimate of drug-likeness (QED) is 0.840. The Morgan fingerprint density at radius 2 is 1.67 bits per heavy atom. The summed E-state index contributed by atoms with van der Waals surface area (Å²) in [6, 6.07) is 2.78. The summed E-state index contributed by atoms with van der Waals surface area (Å²) in [4.78, 5) is 10.5. The van der Waals surface area contributed by atoms with Crippen molar-refractivity contribution in [3.63, 3.8) is 0 Å². The van der Waals surface area contributed by atoms with Crippen LogP contribution in [-0.2, 0) is 4.79 Å². The molecule has 0 spiro atoms. The lowest BCUT2D eigenvalue weighted by Gasteiger charge is -2.12. The van der Waals surface area contributed by atoms with Crippen molar-refractivity contribution < 1.29 is 14.6 Å². The number of carboxylic acid groups (broad SMARTS) is 1. The van der Waals surface area contributed by atoms with Gasteiger partial charge in [0, 0.05) is 6.07 Å². The zero-order valence-electron chi connectivity index (χ0n) is 10.1. The Balaban J connectivity index is 0.000000873. The van der Waals surface area contributed by atoms with E-state index in [1.807, 2.05) is 14.1 Å². The van der Waals surface area contributed by atoms with E-state index < -0.39 is 12.1 Å². The molecule has 1 aromatic rings. The summed E-state index contributed by atoms with van der Waals surface area (Å²) in [7, 11) is 3.75. The van der Waals surface area contributed by atoms with Gasteiger partial charge in [-0.3, -0.25) is 0 Å². The number of carbonyl (C=O) groups is 1. The fourth-order valence-electron chi connectivity index (χ4n) is 0.835. The predicted molar refractivity (Wildman–Crippen MR) is 74.2 cm³/mol. The monoisotopic (exact) mass is 313 g/mol. The smallest absolute Gasteiger partial charge is 0.344 e. The third kappa shape index (κ3) is 5.78. The van der Waals surface area contributed by atoms with Crippen LogP contribution in [0.15, 0.2) is 12.1 Å². The number of hydrogen-bond acceptors (Lipinski definition) is 3. The summed E-state index contributed by atoms with van der Waals surface area (Å²) in [6.07, 6.45) is -1.00. The second-order valence-electron chi connectivity index (χ2n) is 3.30. The fraction of sp³-hybridized carbons (Fsp3) is 0.364. The van der Waals surface area contributed by atoms with Crippen molar-refractivity contribution in [2.24, 2.45) is 0 Å². The molecule has 4 nitrogen and oxygen atoms in total. The standard InChI is InChI=1S/C9H7Cl3O3.C2H7N/c1-4(9(13)14)15-8-3-6(11)5(10)2-7(8)12;1-3-2/h2-4H,1H3,(H,13,14);3H,1-2H3. The highest BCUT2D eigenvalue weighted by Gasteiger charge is 2.15. The minimum atomic E-state index is -1.09. The van der Waals surface area contributed by atoms with Gasteiger partial charge < -0.3 is 15.2 Å². The van der Waals surface area contributed by atoms with E-state index in [1.54, 1.807) is 0 Å². The van der Waals surface area contributed by atoms with Gasteiger partial charge in [-0.1, -0.05) is 34.8 Å².